The third kappa shape index (κ3) is 2.89. The number of hydrogen-bond donors (Lipinski definition) is 1. The zero-order valence-corrected chi connectivity index (χ0v) is 13.4. The number of aromatic nitrogens is 4. The summed E-state index contributed by atoms with van der Waals surface area (Å²) in [5.41, 5.74) is 4.26. The molecule has 0 aliphatic carbocycles. The average molecular weight is 335 g/mol. The van der Waals surface area contributed by atoms with Crippen molar-refractivity contribution in [2.45, 2.75) is 6.54 Å². The molecule has 0 saturated heterocycles. The predicted molar refractivity (Wildman–Crippen MR) is 92.1 cm³/mol. The number of nitrogens with zero attached hydrogens (tertiary/aromatic N) is 4. The van der Waals surface area contributed by atoms with Gasteiger partial charge in [-0.3, -0.25) is 9.36 Å². The third-order valence-corrected chi connectivity index (χ3v) is 4.42. The molecule has 0 unspecified atom stereocenters. The van der Waals surface area contributed by atoms with Crippen LogP contribution in [0.1, 0.15) is 15.9 Å². The molecule has 6 nitrogen and oxygen atoms in total. The van der Waals surface area contributed by atoms with Crippen molar-refractivity contribution in [3.8, 4) is 5.82 Å². The second-order valence-corrected chi connectivity index (χ2v) is 6.10. The maximum atomic E-state index is 12.3. The molecule has 0 aliphatic heterocycles. The Morgan fingerprint density at radius 2 is 2.17 bits per heavy atom. The van der Waals surface area contributed by atoms with Crippen LogP contribution in [-0.2, 0) is 6.54 Å². The highest BCUT2D eigenvalue weighted by atomic mass is 32.1. The van der Waals surface area contributed by atoms with Crippen LogP contribution in [0, 0.1) is 0 Å². The molecule has 7 heteroatoms. The first-order valence-electron chi connectivity index (χ1n) is 7.34. The number of benzene rings is 1. The lowest BCUT2D eigenvalue weighted by Gasteiger charge is -2.06. The topological polar surface area (TPSA) is 72.7 Å². The van der Waals surface area contributed by atoms with Crippen LogP contribution >= 0.6 is 11.3 Å². The lowest BCUT2D eigenvalue weighted by Crippen LogP contribution is -2.22. The van der Waals surface area contributed by atoms with Gasteiger partial charge in [0.05, 0.1) is 15.7 Å². The lowest BCUT2D eigenvalue weighted by atomic mass is 10.2. The number of fused-ring (bicyclic) bond motifs is 1. The summed E-state index contributed by atoms with van der Waals surface area (Å²) < 4.78 is 2.83. The molecule has 24 heavy (non-hydrogen) atoms. The SMILES string of the molecule is O=C(NCc1ccc(-n2ccnc2)nc1)c1ccc2ncsc2c1. The van der Waals surface area contributed by atoms with Gasteiger partial charge in [-0.15, -0.1) is 11.3 Å². The molecule has 4 aromatic rings. The fourth-order valence-corrected chi connectivity index (χ4v) is 3.07. The minimum absolute atomic E-state index is 0.107. The normalized spacial score (nSPS) is 10.8. The number of hydrogen-bond acceptors (Lipinski definition) is 5. The van der Waals surface area contributed by atoms with E-state index in [2.05, 4.69) is 20.3 Å². The lowest BCUT2D eigenvalue weighted by molar-refractivity contribution is 0.0951. The first-order valence-corrected chi connectivity index (χ1v) is 8.22. The van der Waals surface area contributed by atoms with Crippen molar-refractivity contribution in [3.05, 3.63) is 71.9 Å². The monoisotopic (exact) mass is 335 g/mol. The Balaban J connectivity index is 1.43. The van der Waals surface area contributed by atoms with Crippen LogP contribution in [0.4, 0.5) is 0 Å². The fourth-order valence-electron chi connectivity index (χ4n) is 2.35. The zero-order chi connectivity index (χ0) is 16.4. The Labute approximate surface area is 141 Å². The molecule has 4 rings (SSSR count). The molecule has 3 aromatic heterocycles. The van der Waals surface area contributed by atoms with E-state index in [9.17, 15) is 4.79 Å². The van der Waals surface area contributed by atoms with E-state index in [1.54, 1.807) is 30.3 Å². The molecule has 0 saturated carbocycles. The molecule has 1 N–H and O–H groups in total. The minimum atomic E-state index is -0.107. The van der Waals surface area contributed by atoms with Gasteiger partial charge < -0.3 is 5.32 Å². The third-order valence-electron chi connectivity index (χ3n) is 3.62. The van der Waals surface area contributed by atoms with Gasteiger partial charge in [-0.1, -0.05) is 6.07 Å². The molecule has 0 atom stereocenters. The van der Waals surface area contributed by atoms with Crippen LogP contribution in [0.15, 0.2) is 60.8 Å². The molecule has 0 bridgehead atoms. The van der Waals surface area contributed by atoms with E-state index in [-0.39, 0.29) is 5.91 Å². The van der Waals surface area contributed by atoms with Crippen molar-refractivity contribution in [1.29, 1.82) is 0 Å². The van der Waals surface area contributed by atoms with Crippen LogP contribution < -0.4 is 5.32 Å². The van der Waals surface area contributed by atoms with E-state index in [0.29, 0.717) is 12.1 Å². The maximum Gasteiger partial charge on any atom is 0.251 e. The molecular formula is C17H13N5OS. The average Bonchev–Trinajstić information content (AvgIpc) is 3.30. The molecule has 3 heterocycles. The quantitative estimate of drug-likeness (QED) is 0.622. The highest BCUT2D eigenvalue weighted by Gasteiger charge is 2.07. The van der Waals surface area contributed by atoms with Crippen molar-refractivity contribution >= 4 is 27.5 Å². The molecule has 0 spiro atoms. The van der Waals surface area contributed by atoms with Crippen LogP contribution in [0.2, 0.25) is 0 Å². The summed E-state index contributed by atoms with van der Waals surface area (Å²) in [7, 11) is 0. The number of carbonyl (C=O) groups is 1. The summed E-state index contributed by atoms with van der Waals surface area (Å²) in [6, 6.07) is 9.35. The van der Waals surface area contributed by atoms with Gasteiger partial charge in [0.1, 0.15) is 12.1 Å². The van der Waals surface area contributed by atoms with Gasteiger partial charge in [0.2, 0.25) is 0 Å². The second kappa shape index (κ2) is 6.21. The van der Waals surface area contributed by atoms with Crippen LogP contribution in [-0.4, -0.2) is 25.4 Å². The van der Waals surface area contributed by atoms with E-state index in [1.807, 2.05) is 35.0 Å². The maximum absolute atomic E-state index is 12.3. The number of nitrogens with one attached hydrogen (secondary N) is 1. The number of carbonyl (C=O) groups excluding carboxylic acids is 1. The van der Waals surface area contributed by atoms with E-state index >= 15 is 0 Å². The largest absolute Gasteiger partial charge is 0.348 e. The predicted octanol–water partition coefficient (Wildman–Crippen LogP) is 2.81. The first kappa shape index (κ1) is 14.5. The summed E-state index contributed by atoms with van der Waals surface area (Å²) >= 11 is 1.53. The molecule has 0 aliphatic rings. The Morgan fingerprint density at radius 3 is 2.96 bits per heavy atom. The summed E-state index contributed by atoms with van der Waals surface area (Å²) in [4.78, 5) is 24.9. The van der Waals surface area contributed by atoms with Gasteiger partial charge in [0.25, 0.3) is 5.91 Å². The van der Waals surface area contributed by atoms with Gasteiger partial charge >= 0.3 is 0 Å². The number of thiazole rings is 1. The van der Waals surface area contributed by atoms with Gasteiger partial charge in [-0.05, 0) is 29.8 Å². The van der Waals surface area contributed by atoms with Gasteiger partial charge in [-0.2, -0.15) is 0 Å². The van der Waals surface area contributed by atoms with E-state index in [0.717, 1.165) is 21.6 Å². The number of rotatable bonds is 4. The van der Waals surface area contributed by atoms with Crippen molar-refractivity contribution in [1.82, 2.24) is 24.8 Å². The first-order chi connectivity index (χ1) is 11.8. The van der Waals surface area contributed by atoms with Gasteiger partial charge in [-0.25, -0.2) is 15.0 Å². The smallest absolute Gasteiger partial charge is 0.251 e. The van der Waals surface area contributed by atoms with Crippen molar-refractivity contribution < 1.29 is 4.79 Å². The van der Waals surface area contributed by atoms with Crippen LogP contribution in [0.25, 0.3) is 16.0 Å². The zero-order valence-electron chi connectivity index (χ0n) is 12.6. The minimum Gasteiger partial charge on any atom is -0.348 e. The molecule has 1 aromatic carbocycles. The number of pyridine rings is 1. The van der Waals surface area contributed by atoms with Crippen molar-refractivity contribution in [2.24, 2.45) is 0 Å². The summed E-state index contributed by atoms with van der Waals surface area (Å²) in [5, 5.41) is 2.91. The molecule has 118 valence electrons. The van der Waals surface area contributed by atoms with Gasteiger partial charge in [0.15, 0.2) is 0 Å². The van der Waals surface area contributed by atoms with E-state index in [1.165, 1.54) is 11.3 Å². The van der Waals surface area contributed by atoms with Crippen molar-refractivity contribution in [3.63, 3.8) is 0 Å². The summed E-state index contributed by atoms with van der Waals surface area (Å²) in [6.07, 6.45) is 6.98. The van der Waals surface area contributed by atoms with E-state index < -0.39 is 0 Å². The fraction of sp³-hybridized carbons (Fsp3) is 0.0588. The van der Waals surface area contributed by atoms with Gasteiger partial charge in [0, 0.05) is 30.7 Å². The standard InChI is InChI=1S/C17H13N5OS/c23-17(13-2-3-14-15(7-13)24-11-21-14)20-9-12-1-4-16(19-8-12)22-6-5-18-10-22/h1-8,10-11H,9H2,(H,20,23). The molecule has 0 radical (unpaired) electrons. The highest BCUT2D eigenvalue weighted by molar-refractivity contribution is 7.16. The second-order valence-electron chi connectivity index (χ2n) is 5.21. The Bertz CT molecular complexity index is 976. The summed E-state index contributed by atoms with van der Waals surface area (Å²) in [5.74, 6) is 0.683. The Kier molecular flexibility index (Phi) is 3.76. The highest BCUT2D eigenvalue weighted by Crippen LogP contribution is 2.19. The Hall–Kier alpha value is -3.06. The van der Waals surface area contributed by atoms with E-state index in [4.69, 9.17) is 0 Å². The van der Waals surface area contributed by atoms with Crippen LogP contribution in [0.3, 0.4) is 0 Å². The molecule has 0 fully saturated rings. The van der Waals surface area contributed by atoms with Crippen molar-refractivity contribution in [2.75, 3.05) is 0 Å². The number of amides is 1. The molecular weight excluding hydrogens is 322 g/mol. The molecule has 1 amide bonds. The number of imidazole rings is 1. The Morgan fingerprint density at radius 1 is 1.21 bits per heavy atom. The summed E-state index contributed by atoms with van der Waals surface area (Å²) in [6.45, 7) is 0.427. The van der Waals surface area contributed by atoms with Crippen LogP contribution in [0.5, 0.6) is 0 Å².